The molecule has 100 valence electrons. The van der Waals surface area contributed by atoms with E-state index >= 15 is 0 Å². The molecule has 0 aromatic heterocycles. The highest BCUT2D eigenvalue weighted by Crippen LogP contribution is 2.19. The number of halogens is 1. The summed E-state index contributed by atoms with van der Waals surface area (Å²) >= 11 is 5.23. The van der Waals surface area contributed by atoms with Crippen molar-refractivity contribution >= 4 is 37.7 Å². The van der Waals surface area contributed by atoms with Crippen LogP contribution in [-0.2, 0) is 15.4 Å². The van der Waals surface area contributed by atoms with Crippen LogP contribution in [0, 0.1) is 0 Å². The quantitative estimate of drug-likeness (QED) is 0.850. The second-order valence-electron chi connectivity index (χ2n) is 4.29. The van der Waals surface area contributed by atoms with Crippen LogP contribution in [0.4, 0.5) is 0 Å². The maximum absolute atomic E-state index is 12.2. The van der Waals surface area contributed by atoms with Crippen molar-refractivity contribution in [1.82, 2.24) is 4.72 Å². The van der Waals surface area contributed by atoms with E-state index in [4.69, 9.17) is 0 Å². The van der Waals surface area contributed by atoms with E-state index < -0.39 is 10.0 Å². The number of hydrogen-bond donors (Lipinski definition) is 1. The highest BCUT2D eigenvalue weighted by atomic mass is 79.9. The van der Waals surface area contributed by atoms with Gasteiger partial charge in [-0.15, -0.1) is 0 Å². The summed E-state index contributed by atoms with van der Waals surface area (Å²) in [6, 6.07) is 7.08. The van der Waals surface area contributed by atoms with Gasteiger partial charge in [0.05, 0.1) is 4.90 Å². The minimum Gasteiger partial charge on any atom is -0.208 e. The molecule has 1 aromatic rings. The summed E-state index contributed by atoms with van der Waals surface area (Å²) in [5.41, 5.74) is 1.07. The second-order valence-corrected chi connectivity index (χ2v) is 7.78. The molecule has 1 saturated heterocycles. The summed E-state index contributed by atoms with van der Waals surface area (Å²) in [6.07, 6.45) is 1.84. The van der Waals surface area contributed by atoms with Gasteiger partial charge in [0.2, 0.25) is 10.0 Å². The molecule has 1 N–H and O–H groups in total. The Morgan fingerprint density at radius 2 is 1.83 bits per heavy atom. The van der Waals surface area contributed by atoms with Crippen molar-refractivity contribution in [2.45, 2.75) is 29.1 Å². The predicted molar refractivity (Wildman–Crippen MR) is 79.7 cm³/mol. The molecule has 1 aliphatic heterocycles. The Balaban J connectivity index is 2.08. The van der Waals surface area contributed by atoms with Crippen LogP contribution >= 0.6 is 27.7 Å². The van der Waals surface area contributed by atoms with Gasteiger partial charge >= 0.3 is 0 Å². The van der Waals surface area contributed by atoms with Gasteiger partial charge in [-0.1, -0.05) is 28.1 Å². The van der Waals surface area contributed by atoms with Crippen LogP contribution in [0.25, 0.3) is 0 Å². The van der Waals surface area contributed by atoms with Crippen LogP contribution in [0.3, 0.4) is 0 Å². The van der Waals surface area contributed by atoms with Gasteiger partial charge in [-0.3, -0.25) is 0 Å². The third kappa shape index (κ3) is 3.73. The zero-order chi connectivity index (χ0) is 13.0. The zero-order valence-corrected chi connectivity index (χ0v) is 13.2. The fourth-order valence-electron chi connectivity index (χ4n) is 1.86. The second kappa shape index (κ2) is 6.41. The van der Waals surface area contributed by atoms with Gasteiger partial charge in [0.25, 0.3) is 0 Å². The molecule has 0 saturated carbocycles. The third-order valence-electron chi connectivity index (χ3n) is 2.93. The summed E-state index contributed by atoms with van der Waals surface area (Å²) in [4.78, 5) is 0.352. The fourth-order valence-corrected chi connectivity index (χ4v) is 4.65. The first-order valence-electron chi connectivity index (χ1n) is 5.87. The molecule has 1 aliphatic rings. The number of rotatable bonds is 4. The summed E-state index contributed by atoms with van der Waals surface area (Å²) in [5, 5.41) is 0.737. The van der Waals surface area contributed by atoms with Crippen molar-refractivity contribution in [3.8, 4) is 0 Å². The van der Waals surface area contributed by atoms with Gasteiger partial charge < -0.3 is 0 Å². The van der Waals surface area contributed by atoms with E-state index in [9.17, 15) is 8.42 Å². The number of benzene rings is 1. The van der Waals surface area contributed by atoms with Crippen LogP contribution in [0.2, 0.25) is 0 Å². The van der Waals surface area contributed by atoms with Gasteiger partial charge in [-0.2, -0.15) is 11.8 Å². The van der Waals surface area contributed by atoms with E-state index in [1.54, 1.807) is 12.1 Å². The van der Waals surface area contributed by atoms with Gasteiger partial charge in [0, 0.05) is 11.4 Å². The van der Waals surface area contributed by atoms with E-state index in [-0.39, 0.29) is 6.04 Å². The summed E-state index contributed by atoms with van der Waals surface area (Å²) < 4.78 is 27.1. The molecular formula is C12H16BrNO2S2. The molecule has 0 aliphatic carbocycles. The van der Waals surface area contributed by atoms with Crippen molar-refractivity contribution in [3.05, 3.63) is 29.8 Å². The first-order valence-corrected chi connectivity index (χ1v) is 9.63. The van der Waals surface area contributed by atoms with Crippen LogP contribution < -0.4 is 4.72 Å². The molecule has 0 spiro atoms. The van der Waals surface area contributed by atoms with E-state index in [2.05, 4.69) is 20.7 Å². The summed E-state index contributed by atoms with van der Waals surface area (Å²) in [5.74, 6) is 2.07. The molecule has 2 rings (SSSR count). The SMILES string of the molecule is O=S(=O)(NC1CCSCC1)c1ccc(CBr)cc1. The number of nitrogens with one attached hydrogen (secondary N) is 1. The number of alkyl halides is 1. The lowest BCUT2D eigenvalue weighted by molar-refractivity contribution is 0.529. The molecule has 18 heavy (non-hydrogen) atoms. The Morgan fingerprint density at radius 3 is 2.39 bits per heavy atom. The molecule has 1 heterocycles. The van der Waals surface area contributed by atoms with Gasteiger partial charge in [-0.05, 0) is 42.0 Å². The van der Waals surface area contributed by atoms with Crippen molar-refractivity contribution in [3.63, 3.8) is 0 Å². The summed E-state index contributed by atoms with van der Waals surface area (Å²) in [6.45, 7) is 0. The lowest BCUT2D eigenvalue weighted by Crippen LogP contribution is -2.37. The van der Waals surface area contributed by atoms with E-state index in [1.165, 1.54) is 0 Å². The van der Waals surface area contributed by atoms with Gasteiger partial charge in [0.1, 0.15) is 0 Å². The Labute approximate surface area is 121 Å². The van der Waals surface area contributed by atoms with Crippen LogP contribution in [0.5, 0.6) is 0 Å². The molecule has 1 aromatic carbocycles. The molecule has 0 unspecified atom stereocenters. The third-order valence-corrected chi connectivity index (χ3v) is 6.16. The average Bonchev–Trinajstić information content (AvgIpc) is 2.39. The van der Waals surface area contributed by atoms with Crippen LogP contribution in [-0.4, -0.2) is 26.0 Å². The lowest BCUT2D eigenvalue weighted by Gasteiger charge is -2.22. The maximum Gasteiger partial charge on any atom is 0.240 e. The van der Waals surface area contributed by atoms with E-state index in [0.717, 1.165) is 35.2 Å². The highest BCUT2D eigenvalue weighted by molar-refractivity contribution is 9.08. The molecule has 0 amide bonds. The average molecular weight is 350 g/mol. The van der Waals surface area contributed by atoms with Crippen molar-refractivity contribution in [2.75, 3.05) is 11.5 Å². The number of sulfonamides is 1. The monoisotopic (exact) mass is 349 g/mol. The molecule has 0 bridgehead atoms. The van der Waals surface area contributed by atoms with Crippen molar-refractivity contribution in [2.24, 2.45) is 0 Å². The minimum absolute atomic E-state index is 0.0899. The predicted octanol–water partition coefficient (Wildman–Crippen LogP) is 2.76. The first-order chi connectivity index (χ1) is 8.62. The molecule has 0 radical (unpaired) electrons. The van der Waals surface area contributed by atoms with Crippen molar-refractivity contribution in [1.29, 1.82) is 0 Å². The Morgan fingerprint density at radius 1 is 1.22 bits per heavy atom. The van der Waals surface area contributed by atoms with Gasteiger partial charge in [0.15, 0.2) is 0 Å². The molecule has 3 nitrogen and oxygen atoms in total. The molecule has 6 heteroatoms. The molecule has 1 fully saturated rings. The number of hydrogen-bond acceptors (Lipinski definition) is 3. The smallest absolute Gasteiger partial charge is 0.208 e. The highest BCUT2D eigenvalue weighted by Gasteiger charge is 2.21. The first kappa shape index (κ1) is 14.4. The minimum atomic E-state index is -3.36. The standard InChI is InChI=1S/C12H16BrNO2S2/c13-9-10-1-3-12(4-2-10)18(15,16)14-11-5-7-17-8-6-11/h1-4,11,14H,5-9H2. The summed E-state index contributed by atoms with van der Waals surface area (Å²) in [7, 11) is -3.36. The Bertz CT molecular complexity index is 481. The largest absolute Gasteiger partial charge is 0.240 e. The molecular weight excluding hydrogens is 334 g/mol. The maximum atomic E-state index is 12.2. The van der Waals surface area contributed by atoms with Crippen LogP contribution in [0.1, 0.15) is 18.4 Å². The molecule has 0 atom stereocenters. The fraction of sp³-hybridized carbons (Fsp3) is 0.500. The van der Waals surface area contributed by atoms with Crippen molar-refractivity contribution < 1.29 is 8.42 Å². The van der Waals surface area contributed by atoms with E-state index in [0.29, 0.717) is 4.90 Å². The van der Waals surface area contributed by atoms with Crippen LogP contribution in [0.15, 0.2) is 29.2 Å². The van der Waals surface area contributed by atoms with Gasteiger partial charge in [-0.25, -0.2) is 13.1 Å². The Kier molecular flexibility index (Phi) is 5.12. The topological polar surface area (TPSA) is 46.2 Å². The lowest BCUT2D eigenvalue weighted by atomic mass is 10.2. The zero-order valence-electron chi connectivity index (χ0n) is 9.93. The number of thioether (sulfide) groups is 1. The Hall–Kier alpha value is -0.0400. The normalized spacial score (nSPS) is 17.8. The van der Waals surface area contributed by atoms with E-state index in [1.807, 2.05) is 23.9 Å².